The Labute approximate surface area is 128 Å². The summed E-state index contributed by atoms with van der Waals surface area (Å²) in [5, 5.41) is 2.70. The van der Waals surface area contributed by atoms with E-state index in [1.54, 1.807) is 13.1 Å². The molecule has 1 fully saturated rings. The Kier molecular flexibility index (Phi) is 8.51. The van der Waals surface area contributed by atoms with Crippen LogP contribution in [0.4, 0.5) is 0 Å². The molecule has 118 valence electrons. The molecule has 21 heavy (non-hydrogen) atoms. The van der Waals surface area contributed by atoms with Gasteiger partial charge in [0.25, 0.3) is 0 Å². The van der Waals surface area contributed by atoms with Crippen LogP contribution < -0.4 is 5.32 Å². The second-order valence-corrected chi connectivity index (χ2v) is 5.32. The topological polar surface area (TPSA) is 41.6 Å². The van der Waals surface area contributed by atoms with Crippen molar-refractivity contribution in [3.05, 3.63) is 36.6 Å². The number of carbonyl (C=O) groups excluding carboxylic acids is 1. The van der Waals surface area contributed by atoms with Gasteiger partial charge >= 0.3 is 0 Å². The first-order valence-electron chi connectivity index (χ1n) is 7.70. The number of carbonyl (C=O) groups is 1. The molecule has 0 saturated carbocycles. The van der Waals surface area contributed by atoms with Gasteiger partial charge in [0, 0.05) is 20.0 Å². The van der Waals surface area contributed by atoms with Crippen LogP contribution in [0.5, 0.6) is 0 Å². The van der Waals surface area contributed by atoms with E-state index in [9.17, 15) is 4.79 Å². The molecule has 0 unspecified atom stereocenters. The van der Waals surface area contributed by atoms with Gasteiger partial charge < -0.3 is 10.1 Å². The predicted octanol–water partition coefficient (Wildman–Crippen LogP) is 2.50. The fourth-order valence-electron chi connectivity index (χ4n) is 2.50. The first-order chi connectivity index (χ1) is 10.2. The van der Waals surface area contributed by atoms with E-state index in [1.807, 2.05) is 25.2 Å². The quantitative estimate of drug-likeness (QED) is 0.552. The molecule has 1 heterocycles. The lowest BCUT2D eigenvalue weighted by Gasteiger charge is -2.31. The number of hydrogen-bond donors (Lipinski definition) is 1. The summed E-state index contributed by atoms with van der Waals surface area (Å²) < 4.78 is 5.73. The van der Waals surface area contributed by atoms with Crippen molar-refractivity contribution in [1.29, 1.82) is 0 Å². The summed E-state index contributed by atoms with van der Waals surface area (Å²) in [7, 11) is 1.70. The minimum atomic E-state index is 0.155. The van der Waals surface area contributed by atoms with Crippen LogP contribution in [0.2, 0.25) is 0 Å². The molecular weight excluding hydrogens is 264 g/mol. The largest absolute Gasteiger partial charge is 0.492 e. The summed E-state index contributed by atoms with van der Waals surface area (Å²) in [6, 6.07) is 0. The van der Waals surface area contributed by atoms with E-state index in [-0.39, 0.29) is 5.91 Å². The Morgan fingerprint density at radius 1 is 1.43 bits per heavy atom. The Hall–Kier alpha value is -1.55. The van der Waals surface area contributed by atoms with Gasteiger partial charge in [0.1, 0.15) is 12.4 Å². The van der Waals surface area contributed by atoms with Gasteiger partial charge in [0.05, 0.1) is 0 Å². The zero-order valence-corrected chi connectivity index (χ0v) is 13.3. The maximum Gasteiger partial charge on any atom is 0.220 e. The highest BCUT2D eigenvalue weighted by molar-refractivity contribution is 5.75. The number of rotatable bonds is 8. The monoisotopic (exact) mass is 292 g/mol. The van der Waals surface area contributed by atoms with Gasteiger partial charge in [-0.15, -0.1) is 0 Å². The number of ether oxygens (including phenoxy) is 1. The Balaban J connectivity index is 2.22. The number of hydrogen-bond acceptors (Lipinski definition) is 3. The lowest BCUT2D eigenvalue weighted by atomic mass is 9.93. The van der Waals surface area contributed by atoms with Crippen LogP contribution in [0.15, 0.2) is 36.6 Å². The Morgan fingerprint density at radius 3 is 2.71 bits per heavy atom. The molecule has 0 aliphatic carbocycles. The second kappa shape index (κ2) is 10.2. The smallest absolute Gasteiger partial charge is 0.220 e. The van der Waals surface area contributed by atoms with Crippen LogP contribution in [-0.2, 0) is 9.53 Å². The first-order valence-corrected chi connectivity index (χ1v) is 7.70. The molecule has 0 atom stereocenters. The summed E-state index contributed by atoms with van der Waals surface area (Å²) >= 11 is 0. The van der Waals surface area contributed by atoms with E-state index >= 15 is 0 Å². The molecule has 0 aromatic heterocycles. The van der Waals surface area contributed by atoms with Crippen LogP contribution >= 0.6 is 0 Å². The van der Waals surface area contributed by atoms with Crippen molar-refractivity contribution >= 4 is 5.91 Å². The molecule has 1 amide bonds. The molecule has 0 radical (unpaired) electrons. The van der Waals surface area contributed by atoms with Crippen molar-refractivity contribution in [2.24, 2.45) is 5.92 Å². The SMILES string of the molecule is C=C/C=C(\C=C/C)OCCN1CCC(CC(=O)NC)CC1. The molecule has 1 saturated heterocycles. The summed E-state index contributed by atoms with van der Waals surface area (Å²) in [6.45, 7) is 9.37. The third-order valence-electron chi connectivity index (χ3n) is 3.75. The van der Waals surface area contributed by atoms with E-state index in [2.05, 4.69) is 16.8 Å². The highest BCUT2D eigenvalue weighted by Crippen LogP contribution is 2.20. The number of likely N-dealkylation sites (tertiary alicyclic amines) is 1. The van der Waals surface area contributed by atoms with Gasteiger partial charge in [-0.3, -0.25) is 9.69 Å². The fraction of sp³-hybridized carbons (Fsp3) is 0.588. The van der Waals surface area contributed by atoms with Crippen LogP contribution in [-0.4, -0.2) is 44.1 Å². The van der Waals surface area contributed by atoms with Gasteiger partial charge in [-0.2, -0.15) is 0 Å². The Morgan fingerprint density at radius 2 is 2.14 bits per heavy atom. The number of amides is 1. The molecule has 0 aromatic rings. The maximum atomic E-state index is 11.4. The van der Waals surface area contributed by atoms with Crippen molar-refractivity contribution in [1.82, 2.24) is 10.2 Å². The van der Waals surface area contributed by atoms with Crippen LogP contribution in [0.3, 0.4) is 0 Å². The molecule has 1 aliphatic heterocycles. The van der Waals surface area contributed by atoms with E-state index in [1.165, 1.54) is 0 Å². The van der Waals surface area contributed by atoms with E-state index in [0.29, 0.717) is 18.9 Å². The lowest BCUT2D eigenvalue weighted by Crippen LogP contribution is -2.37. The van der Waals surface area contributed by atoms with Gasteiger partial charge in [0.15, 0.2) is 0 Å². The van der Waals surface area contributed by atoms with E-state index in [4.69, 9.17) is 4.74 Å². The first kappa shape index (κ1) is 17.5. The van der Waals surface area contributed by atoms with Crippen molar-refractivity contribution in [3.63, 3.8) is 0 Å². The maximum absolute atomic E-state index is 11.4. The molecule has 4 nitrogen and oxygen atoms in total. The number of nitrogens with one attached hydrogen (secondary N) is 1. The standard InChI is InChI=1S/C17H28N2O2/c1-4-6-16(7-5-2)21-13-12-19-10-8-15(9-11-19)14-17(20)18-3/h4-7,15H,1,8-14H2,2-3H3,(H,18,20)/b7-5-,16-6+. The number of piperidine rings is 1. The molecule has 1 N–H and O–H groups in total. The Bertz CT molecular complexity index is 380. The van der Waals surface area contributed by atoms with Crippen molar-refractivity contribution in [3.8, 4) is 0 Å². The number of nitrogens with zero attached hydrogens (tertiary/aromatic N) is 1. The van der Waals surface area contributed by atoms with Crippen LogP contribution in [0.25, 0.3) is 0 Å². The lowest BCUT2D eigenvalue weighted by molar-refractivity contribution is -0.121. The zero-order valence-electron chi connectivity index (χ0n) is 13.3. The fourth-order valence-corrected chi connectivity index (χ4v) is 2.50. The van der Waals surface area contributed by atoms with Gasteiger partial charge in [-0.05, 0) is 50.9 Å². The minimum Gasteiger partial charge on any atom is -0.492 e. The third-order valence-corrected chi connectivity index (χ3v) is 3.75. The van der Waals surface area contributed by atoms with Crippen LogP contribution in [0, 0.1) is 5.92 Å². The third kappa shape index (κ3) is 7.14. The average molecular weight is 292 g/mol. The van der Waals surface area contributed by atoms with Crippen molar-refractivity contribution in [2.45, 2.75) is 26.2 Å². The summed E-state index contributed by atoms with van der Waals surface area (Å²) in [6.07, 6.45) is 10.4. The van der Waals surface area contributed by atoms with Crippen molar-refractivity contribution in [2.75, 3.05) is 33.3 Å². The zero-order chi connectivity index (χ0) is 15.5. The molecule has 0 bridgehead atoms. The predicted molar refractivity (Wildman–Crippen MR) is 86.9 cm³/mol. The molecule has 1 aliphatic rings. The minimum absolute atomic E-state index is 0.155. The van der Waals surface area contributed by atoms with E-state index in [0.717, 1.165) is 38.2 Å². The van der Waals surface area contributed by atoms with Crippen LogP contribution in [0.1, 0.15) is 26.2 Å². The van der Waals surface area contributed by atoms with Gasteiger partial charge in [-0.1, -0.05) is 18.7 Å². The summed E-state index contributed by atoms with van der Waals surface area (Å²) in [5.74, 6) is 1.53. The average Bonchev–Trinajstić information content (AvgIpc) is 2.49. The molecular formula is C17H28N2O2. The molecule has 4 heteroatoms. The number of allylic oxidation sites excluding steroid dienone is 4. The normalized spacial score (nSPS) is 17.9. The van der Waals surface area contributed by atoms with Gasteiger partial charge in [0.2, 0.25) is 5.91 Å². The van der Waals surface area contributed by atoms with Gasteiger partial charge in [-0.25, -0.2) is 0 Å². The second-order valence-electron chi connectivity index (χ2n) is 5.32. The van der Waals surface area contributed by atoms with E-state index < -0.39 is 0 Å². The molecule has 0 aromatic carbocycles. The summed E-state index contributed by atoms with van der Waals surface area (Å²) in [5.41, 5.74) is 0. The highest BCUT2D eigenvalue weighted by Gasteiger charge is 2.20. The molecule has 0 spiro atoms. The highest BCUT2D eigenvalue weighted by atomic mass is 16.5. The van der Waals surface area contributed by atoms with Crippen molar-refractivity contribution < 1.29 is 9.53 Å². The summed E-state index contributed by atoms with van der Waals surface area (Å²) in [4.78, 5) is 13.8. The molecule has 1 rings (SSSR count).